The molecular weight excluding hydrogens is 255 g/mol. The number of rotatable bonds is 6. The van der Waals surface area contributed by atoms with Crippen LogP contribution in [0.5, 0.6) is 5.75 Å². The van der Waals surface area contributed by atoms with Crippen molar-refractivity contribution in [1.82, 2.24) is 10.3 Å². The molecule has 1 heterocycles. The second-order valence-corrected chi connectivity index (χ2v) is 4.90. The van der Waals surface area contributed by atoms with E-state index in [-0.39, 0.29) is 12.4 Å². The standard InChI is InChI=1S/C16H19FN2O/c1-12(2)19-10-14-9-15(7-8-18-14)20-11-13-5-3-4-6-16(13)17/h3-9,12,19H,10-11H2,1-2H3. The topological polar surface area (TPSA) is 34.1 Å². The van der Waals surface area contributed by atoms with Gasteiger partial charge < -0.3 is 10.1 Å². The molecule has 0 fully saturated rings. The first-order valence-corrected chi connectivity index (χ1v) is 6.69. The van der Waals surface area contributed by atoms with Gasteiger partial charge in [-0.05, 0) is 12.1 Å². The van der Waals surface area contributed by atoms with Gasteiger partial charge in [0.2, 0.25) is 0 Å². The van der Waals surface area contributed by atoms with Crippen molar-refractivity contribution in [1.29, 1.82) is 0 Å². The SMILES string of the molecule is CC(C)NCc1cc(OCc2ccccc2F)ccn1. The van der Waals surface area contributed by atoms with Gasteiger partial charge in [-0.3, -0.25) is 4.98 Å². The highest BCUT2D eigenvalue weighted by molar-refractivity contribution is 5.24. The molecule has 0 bridgehead atoms. The molecule has 0 unspecified atom stereocenters. The average Bonchev–Trinajstić information content (AvgIpc) is 2.45. The van der Waals surface area contributed by atoms with E-state index in [2.05, 4.69) is 24.1 Å². The Bertz CT molecular complexity index is 558. The fourth-order valence-corrected chi connectivity index (χ4v) is 1.73. The van der Waals surface area contributed by atoms with Crippen molar-refractivity contribution >= 4 is 0 Å². The summed E-state index contributed by atoms with van der Waals surface area (Å²) in [6.45, 7) is 5.07. The molecule has 0 radical (unpaired) electrons. The number of aromatic nitrogens is 1. The van der Waals surface area contributed by atoms with Crippen LogP contribution in [-0.2, 0) is 13.2 Å². The minimum Gasteiger partial charge on any atom is -0.489 e. The van der Waals surface area contributed by atoms with Gasteiger partial charge in [0.05, 0.1) is 5.69 Å². The Morgan fingerprint density at radius 3 is 2.80 bits per heavy atom. The molecule has 0 aliphatic rings. The van der Waals surface area contributed by atoms with Crippen LogP contribution in [-0.4, -0.2) is 11.0 Å². The Balaban J connectivity index is 1.96. The van der Waals surface area contributed by atoms with Crippen molar-refractivity contribution in [3.8, 4) is 5.75 Å². The predicted molar refractivity (Wildman–Crippen MR) is 76.9 cm³/mol. The highest BCUT2D eigenvalue weighted by Gasteiger charge is 2.03. The van der Waals surface area contributed by atoms with Crippen LogP contribution >= 0.6 is 0 Å². The summed E-state index contributed by atoms with van der Waals surface area (Å²) in [6.07, 6.45) is 1.70. The summed E-state index contributed by atoms with van der Waals surface area (Å²) in [6, 6.07) is 10.7. The zero-order valence-electron chi connectivity index (χ0n) is 11.8. The lowest BCUT2D eigenvalue weighted by Gasteiger charge is -2.10. The number of ether oxygens (including phenoxy) is 1. The van der Waals surface area contributed by atoms with E-state index >= 15 is 0 Å². The van der Waals surface area contributed by atoms with Crippen LogP contribution in [0.25, 0.3) is 0 Å². The van der Waals surface area contributed by atoms with Gasteiger partial charge in [0.25, 0.3) is 0 Å². The van der Waals surface area contributed by atoms with Crippen molar-refractivity contribution in [2.45, 2.75) is 33.0 Å². The summed E-state index contributed by atoms with van der Waals surface area (Å²) >= 11 is 0. The molecule has 4 heteroatoms. The molecule has 1 N–H and O–H groups in total. The van der Waals surface area contributed by atoms with E-state index in [0.717, 1.165) is 5.69 Å². The van der Waals surface area contributed by atoms with Crippen molar-refractivity contribution in [3.63, 3.8) is 0 Å². The molecule has 0 saturated heterocycles. The number of nitrogens with one attached hydrogen (secondary N) is 1. The van der Waals surface area contributed by atoms with E-state index in [9.17, 15) is 4.39 Å². The molecule has 0 spiro atoms. The minimum absolute atomic E-state index is 0.216. The molecule has 0 amide bonds. The first-order chi connectivity index (χ1) is 9.65. The third kappa shape index (κ3) is 4.31. The van der Waals surface area contributed by atoms with Gasteiger partial charge in [0.15, 0.2) is 0 Å². The molecule has 0 atom stereocenters. The Morgan fingerprint density at radius 1 is 1.25 bits per heavy atom. The number of benzene rings is 1. The molecule has 0 aliphatic carbocycles. The fraction of sp³-hybridized carbons (Fsp3) is 0.312. The number of hydrogen-bond acceptors (Lipinski definition) is 3. The molecule has 0 aliphatic heterocycles. The lowest BCUT2D eigenvalue weighted by molar-refractivity contribution is 0.299. The van der Waals surface area contributed by atoms with Gasteiger partial charge in [0.1, 0.15) is 18.2 Å². The molecule has 2 rings (SSSR count). The Kier molecular flexibility index (Phi) is 5.07. The Labute approximate surface area is 118 Å². The predicted octanol–water partition coefficient (Wildman–Crippen LogP) is 3.30. The van der Waals surface area contributed by atoms with Crippen molar-refractivity contribution in [2.75, 3.05) is 0 Å². The third-order valence-electron chi connectivity index (χ3n) is 2.83. The summed E-state index contributed by atoms with van der Waals surface area (Å²) in [5.74, 6) is 0.451. The first-order valence-electron chi connectivity index (χ1n) is 6.69. The maximum atomic E-state index is 13.5. The molecule has 2 aromatic rings. The van der Waals surface area contributed by atoms with Crippen LogP contribution in [0.2, 0.25) is 0 Å². The Morgan fingerprint density at radius 2 is 2.05 bits per heavy atom. The fourth-order valence-electron chi connectivity index (χ4n) is 1.73. The summed E-state index contributed by atoms with van der Waals surface area (Å²) in [4.78, 5) is 4.27. The molecule has 3 nitrogen and oxygen atoms in total. The van der Waals surface area contributed by atoms with E-state index in [0.29, 0.717) is 23.9 Å². The van der Waals surface area contributed by atoms with Gasteiger partial charge in [-0.2, -0.15) is 0 Å². The van der Waals surface area contributed by atoms with E-state index in [1.807, 2.05) is 6.07 Å². The van der Waals surface area contributed by atoms with E-state index < -0.39 is 0 Å². The molecule has 0 saturated carbocycles. The van der Waals surface area contributed by atoms with E-state index in [1.165, 1.54) is 6.07 Å². The largest absolute Gasteiger partial charge is 0.489 e. The van der Waals surface area contributed by atoms with Crippen molar-refractivity contribution in [2.24, 2.45) is 0 Å². The van der Waals surface area contributed by atoms with Crippen LogP contribution in [0.15, 0.2) is 42.6 Å². The quantitative estimate of drug-likeness (QED) is 0.877. The normalized spacial score (nSPS) is 10.8. The van der Waals surface area contributed by atoms with Crippen LogP contribution in [0.4, 0.5) is 4.39 Å². The second kappa shape index (κ2) is 7.01. The van der Waals surface area contributed by atoms with Crippen molar-refractivity contribution in [3.05, 3.63) is 59.7 Å². The summed E-state index contributed by atoms with van der Waals surface area (Å²) < 4.78 is 19.1. The van der Waals surface area contributed by atoms with Gasteiger partial charge in [-0.1, -0.05) is 32.0 Å². The third-order valence-corrected chi connectivity index (χ3v) is 2.83. The van der Waals surface area contributed by atoms with E-state index in [4.69, 9.17) is 4.74 Å². The number of hydrogen-bond donors (Lipinski definition) is 1. The zero-order valence-corrected chi connectivity index (χ0v) is 11.8. The highest BCUT2D eigenvalue weighted by atomic mass is 19.1. The van der Waals surface area contributed by atoms with Crippen LogP contribution in [0.3, 0.4) is 0 Å². The monoisotopic (exact) mass is 274 g/mol. The maximum Gasteiger partial charge on any atom is 0.129 e. The molecule has 20 heavy (non-hydrogen) atoms. The summed E-state index contributed by atoms with van der Waals surface area (Å²) in [7, 11) is 0. The maximum absolute atomic E-state index is 13.5. The number of halogens is 1. The zero-order chi connectivity index (χ0) is 14.4. The van der Waals surface area contributed by atoms with E-state index in [1.54, 1.807) is 30.5 Å². The van der Waals surface area contributed by atoms with Crippen LogP contribution < -0.4 is 10.1 Å². The number of pyridine rings is 1. The van der Waals surface area contributed by atoms with Gasteiger partial charge in [0, 0.05) is 30.4 Å². The van der Waals surface area contributed by atoms with Crippen molar-refractivity contribution < 1.29 is 9.13 Å². The first kappa shape index (κ1) is 14.5. The molecule has 1 aromatic heterocycles. The smallest absolute Gasteiger partial charge is 0.129 e. The lowest BCUT2D eigenvalue weighted by atomic mass is 10.2. The van der Waals surface area contributed by atoms with Gasteiger partial charge in [-0.15, -0.1) is 0 Å². The average molecular weight is 274 g/mol. The molecule has 1 aromatic carbocycles. The molecule has 106 valence electrons. The number of nitrogens with zero attached hydrogens (tertiary/aromatic N) is 1. The van der Waals surface area contributed by atoms with Gasteiger partial charge >= 0.3 is 0 Å². The van der Waals surface area contributed by atoms with Crippen LogP contribution in [0, 0.1) is 5.82 Å². The van der Waals surface area contributed by atoms with Crippen LogP contribution in [0.1, 0.15) is 25.1 Å². The van der Waals surface area contributed by atoms with Gasteiger partial charge in [-0.25, -0.2) is 4.39 Å². The second-order valence-electron chi connectivity index (χ2n) is 4.90. The Hall–Kier alpha value is -1.94. The lowest BCUT2D eigenvalue weighted by Crippen LogP contribution is -2.22. The summed E-state index contributed by atoms with van der Waals surface area (Å²) in [5.41, 5.74) is 1.45. The highest BCUT2D eigenvalue weighted by Crippen LogP contribution is 2.15. The summed E-state index contributed by atoms with van der Waals surface area (Å²) in [5, 5.41) is 3.29. The molecular formula is C16H19FN2O. The minimum atomic E-state index is -0.247.